The maximum absolute atomic E-state index is 12.6. The lowest BCUT2D eigenvalue weighted by atomic mass is 10.0. The largest absolute Gasteiger partial charge is 0.361 e. The molecule has 1 N–H and O–H groups in total. The van der Waals surface area contributed by atoms with Gasteiger partial charge < -0.3 is 14.7 Å². The van der Waals surface area contributed by atoms with Crippen LogP contribution in [0.3, 0.4) is 0 Å². The van der Waals surface area contributed by atoms with E-state index >= 15 is 0 Å². The third-order valence-electron chi connectivity index (χ3n) is 4.25. The zero-order valence-electron chi connectivity index (χ0n) is 12.0. The number of piperazine rings is 1. The lowest BCUT2D eigenvalue weighted by molar-refractivity contribution is -0.147. The smallest absolute Gasteiger partial charge is 0.246 e. The van der Waals surface area contributed by atoms with Crippen molar-refractivity contribution in [3.8, 4) is 0 Å². The highest BCUT2D eigenvalue weighted by Crippen LogP contribution is 2.36. The number of hydrogen-bond donors (Lipinski definition) is 1. The monoisotopic (exact) mass is 277 g/mol. The van der Waals surface area contributed by atoms with E-state index in [1.807, 2.05) is 20.8 Å². The van der Waals surface area contributed by atoms with Crippen LogP contribution in [0.25, 0.3) is 0 Å². The zero-order chi connectivity index (χ0) is 14.4. The molecule has 6 nitrogen and oxygen atoms in total. The topological polar surface area (TPSA) is 75.4 Å². The molecule has 1 saturated carbocycles. The van der Waals surface area contributed by atoms with Gasteiger partial charge in [0.05, 0.1) is 11.7 Å². The van der Waals surface area contributed by atoms with Crippen molar-refractivity contribution in [1.82, 2.24) is 15.4 Å². The first kappa shape index (κ1) is 13.1. The zero-order valence-corrected chi connectivity index (χ0v) is 12.0. The molecule has 1 aliphatic heterocycles. The van der Waals surface area contributed by atoms with Gasteiger partial charge in [-0.1, -0.05) is 5.16 Å². The lowest BCUT2D eigenvalue weighted by Gasteiger charge is -2.36. The van der Waals surface area contributed by atoms with E-state index in [9.17, 15) is 9.59 Å². The van der Waals surface area contributed by atoms with Crippen LogP contribution in [-0.4, -0.2) is 34.5 Å². The maximum Gasteiger partial charge on any atom is 0.246 e. The van der Waals surface area contributed by atoms with Gasteiger partial charge in [-0.05, 0) is 39.5 Å². The highest BCUT2D eigenvalue weighted by atomic mass is 16.5. The van der Waals surface area contributed by atoms with E-state index in [0.717, 1.165) is 24.1 Å². The van der Waals surface area contributed by atoms with E-state index in [4.69, 9.17) is 4.52 Å². The molecule has 0 radical (unpaired) electrons. The third-order valence-corrected chi connectivity index (χ3v) is 4.25. The summed E-state index contributed by atoms with van der Waals surface area (Å²) in [5, 5.41) is 6.75. The molecule has 2 heterocycles. The number of amides is 2. The second-order valence-corrected chi connectivity index (χ2v) is 5.76. The van der Waals surface area contributed by atoms with Crippen molar-refractivity contribution in [1.29, 1.82) is 0 Å². The van der Waals surface area contributed by atoms with Crippen LogP contribution < -0.4 is 5.32 Å². The predicted octanol–water partition coefficient (Wildman–Crippen LogP) is 1.09. The molecule has 1 aliphatic carbocycles. The molecule has 0 bridgehead atoms. The Labute approximate surface area is 117 Å². The summed E-state index contributed by atoms with van der Waals surface area (Å²) >= 11 is 0. The highest BCUT2D eigenvalue weighted by molar-refractivity contribution is 5.95. The molecule has 2 amide bonds. The fourth-order valence-corrected chi connectivity index (χ4v) is 3.01. The fourth-order valence-electron chi connectivity index (χ4n) is 3.01. The molecule has 1 saturated heterocycles. The summed E-state index contributed by atoms with van der Waals surface area (Å²) in [6.07, 6.45) is 2.04. The Bertz CT molecular complexity index is 543. The molecule has 0 spiro atoms. The Morgan fingerprint density at radius 3 is 2.60 bits per heavy atom. The standard InChI is InChI=1S/C14H19N3O3/c1-7-12(9(3)20-16-7)8(2)17-6-11(18)15-13(14(17)19)10-4-5-10/h8,10,13H,4-6H2,1-3H3,(H,15,18). The number of carbonyl (C=O) groups excluding carboxylic acids is 2. The maximum atomic E-state index is 12.6. The SMILES string of the molecule is Cc1noc(C)c1C(C)N1CC(=O)NC(C2CC2)C1=O. The molecule has 108 valence electrons. The van der Waals surface area contributed by atoms with Crippen LogP contribution >= 0.6 is 0 Å². The quantitative estimate of drug-likeness (QED) is 0.897. The average Bonchev–Trinajstić information content (AvgIpc) is 3.18. The molecule has 20 heavy (non-hydrogen) atoms. The summed E-state index contributed by atoms with van der Waals surface area (Å²) in [7, 11) is 0. The lowest BCUT2D eigenvalue weighted by Crippen LogP contribution is -2.59. The fraction of sp³-hybridized carbons (Fsp3) is 0.643. The Morgan fingerprint density at radius 2 is 2.05 bits per heavy atom. The number of nitrogens with one attached hydrogen (secondary N) is 1. The summed E-state index contributed by atoms with van der Waals surface area (Å²) in [6, 6.07) is -0.541. The molecule has 1 aromatic heterocycles. The van der Waals surface area contributed by atoms with Crippen LogP contribution in [-0.2, 0) is 9.59 Å². The molecule has 6 heteroatoms. The van der Waals surface area contributed by atoms with Gasteiger partial charge in [0.15, 0.2) is 0 Å². The van der Waals surface area contributed by atoms with Gasteiger partial charge in [-0.15, -0.1) is 0 Å². The second kappa shape index (κ2) is 4.61. The van der Waals surface area contributed by atoms with Crippen LogP contribution in [0.5, 0.6) is 0 Å². The molecule has 2 atom stereocenters. The van der Waals surface area contributed by atoms with Crippen LogP contribution in [0.4, 0.5) is 0 Å². The van der Waals surface area contributed by atoms with E-state index in [1.165, 1.54) is 0 Å². The van der Waals surface area contributed by atoms with Crippen LogP contribution in [0.15, 0.2) is 4.52 Å². The van der Waals surface area contributed by atoms with Crippen molar-refractivity contribution in [2.45, 2.75) is 45.7 Å². The molecular formula is C14H19N3O3. The molecular weight excluding hydrogens is 258 g/mol. The van der Waals surface area contributed by atoms with Crippen molar-refractivity contribution >= 4 is 11.8 Å². The summed E-state index contributed by atoms with van der Waals surface area (Å²) in [5.74, 6) is 0.947. The Kier molecular flexibility index (Phi) is 3.03. The first-order valence-corrected chi connectivity index (χ1v) is 7.01. The molecule has 2 aliphatic rings. The van der Waals surface area contributed by atoms with Crippen molar-refractivity contribution in [2.75, 3.05) is 6.54 Å². The van der Waals surface area contributed by atoms with E-state index in [-0.39, 0.29) is 30.4 Å². The van der Waals surface area contributed by atoms with Gasteiger partial charge in [-0.3, -0.25) is 9.59 Å². The van der Waals surface area contributed by atoms with Gasteiger partial charge in [0.2, 0.25) is 11.8 Å². The van der Waals surface area contributed by atoms with Gasteiger partial charge in [0.1, 0.15) is 18.3 Å². The van der Waals surface area contributed by atoms with Crippen molar-refractivity contribution in [2.24, 2.45) is 5.92 Å². The predicted molar refractivity (Wildman–Crippen MR) is 70.8 cm³/mol. The van der Waals surface area contributed by atoms with Gasteiger partial charge in [0, 0.05) is 5.56 Å². The summed E-state index contributed by atoms with van der Waals surface area (Å²) < 4.78 is 5.17. The van der Waals surface area contributed by atoms with Crippen LogP contribution in [0.1, 0.15) is 42.8 Å². The number of rotatable bonds is 3. The van der Waals surface area contributed by atoms with Gasteiger partial charge in [0.25, 0.3) is 0 Å². The van der Waals surface area contributed by atoms with Gasteiger partial charge >= 0.3 is 0 Å². The molecule has 0 aromatic carbocycles. The molecule has 2 unspecified atom stereocenters. The Balaban J connectivity index is 1.87. The van der Waals surface area contributed by atoms with E-state index in [0.29, 0.717) is 11.7 Å². The van der Waals surface area contributed by atoms with E-state index in [2.05, 4.69) is 10.5 Å². The average molecular weight is 277 g/mol. The van der Waals surface area contributed by atoms with E-state index in [1.54, 1.807) is 4.90 Å². The Hall–Kier alpha value is -1.85. The third kappa shape index (κ3) is 2.09. The second-order valence-electron chi connectivity index (χ2n) is 5.76. The minimum atomic E-state index is -0.348. The number of aryl methyl sites for hydroxylation is 2. The first-order valence-electron chi connectivity index (χ1n) is 7.01. The normalized spacial score (nSPS) is 24.8. The molecule has 3 rings (SSSR count). The van der Waals surface area contributed by atoms with E-state index < -0.39 is 0 Å². The first-order chi connectivity index (χ1) is 9.49. The minimum Gasteiger partial charge on any atom is -0.361 e. The summed E-state index contributed by atoms with van der Waals surface area (Å²) in [4.78, 5) is 26.1. The number of hydrogen-bond acceptors (Lipinski definition) is 4. The number of carbonyl (C=O) groups is 2. The Morgan fingerprint density at radius 1 is 1.35 bits per heavy atom. The summed E-state index contributed by atoms with van der Waals surface area (Å²) in [5.41, 5.74) is 1.68. The van der Waals surface area contributed by atoms with Crippen molar-refractivity contribution < 1.29 is 14.1 Å². The summed E-state index contributed by atoms with van der Waals surface area (Å²) in [6.45, 7) is 5.72. The van der Waals surface area contributed by atoms with Crippen molar-refractivity contribution in [3.63, 3.8) is 0 Å². The van der Waals surface area contributed by atoms with Crippen molar-refractivity contribution in [3.05, 3.63) is 17.0 Å². The number of aromatic nitrogens is 1. The molecule has 1 aromatic rings. The van der Waals surface area contributed by atoms with Gasteiger partial charge in [-0.2, -0.15) is 0 Å². The number of nitrogens with zero attached hydrogens (tertiary/aromatic N) is 2. The van der Waals surface area contributed by atoms with Gasteiger partial charge in [-0.25, -0.2) is 0 Å². The minimum absolute atomic E-state index is 0.0135. The highest BCUT2D eigenvalue weighted by Gasteiger charge is 2.44. The van der Waals surface area contributed by atoms with Crippen LogP contribution in [0.2, 0.25) is 0 Å². The van der Waals surface area contributed by atoms with Crippen LogP contribution in [0, 0.1) is 19.8 Å². The molecule has 2 fully saturated rings.